The summed E-state index contributed by atoms with van der Waals surface area (Å²) in [5.41, 5.74) is 1.07. The Kier molecular flexibility index (Phi) is 6.43. The largest absolute Gasteiger partial charge is 0.497 e. The number of hydrogen-bond donors (Lipinski definition) is 0. The third kappa shape index (κ3) is 4.46. The van der Waals surface area contributed by atoms with E-state index in [9.17, 15) is 4.79 Å². The van der Waals surface area contributed by atoms with E-state index in [0.717, 1.165) is 24.7 Å². The minimum atomic E-state index is -0.0366. The Bertz CT molecular complexity index is 1040. The number of hydrogen-bond acceptors (Lipinski definition) is 9. The number of amides is 1. The number of ether oxygens (including phenoxy) is 1. The van der Waals surface area contributed by atoms with Crippen LogP contribution in [0.25, 0.3) is 0 Å². The zero-order valence-corrected chi connectivity index (χ0v) is 19.5. The predicted octanol–water partition coefficient (Wildman–Crippen LogP) is 2.19. The fourth-order valence-corrected chi connectivity index (χ4v) is 4.54. The van der Waals surface area contributed by atoms with E-state index in [0.29, 0.717) is 41.9 Å². The highest BCUT2D eigenvalue weighted by Gasteiger charge is 2.42. The first kappa shape index (κ1) is 22.5. The van der Waals surface area contributed by atoms with Crippen LogP contribution in [0.4, 0.5) is 17.3 Å². The maximum Gasteiger partial charge on any atom is 0.256 e. The molecule has 2 aliphatic rings. The Morgan fingerprint density at radius 1 is 1.18 bits per heavy atom. The lowest BCUT2D eigenvalue weighted by molar-refractivity contribution is 0.0783. The van der Waals surface area contributed by atoms with Gasteiger partial charge >= 0.3 is 0 Å². The minimum Gasteiger partial charge on any atom is -0.497 e. The monoisotopic (exact) mass is 450 g/mol. The maximum absolute atomic E-state index is 13.5. The van der Waals surface area contributed by atoms with Crippen LogP contribution in [-0.2, 0) is 0 Å². The number of fused-ring (bicyclic) bond motifs is 1. The van der Waals surface area contributed by atoms with Crippen LogP contribution in [0.3, 0.4) is 0 Å². The van der Waals surface area contributed by atoms with Crippen molar-refractivity contribution in [2.75, 3.05) is 62.3 Å². The highest BCUT2D eigenvalue weighted by atomic mass is 16.5. The van der Waals surface area contributed by atoms with Gasteiger partial charge in [0, 0.05) is 77.2 Å². The van der Waals surface area contributed by atoms with Crippen LogP contribution in [-0.4, -0.2) is 81.1 Å². The number of benzene rings is 1. The van der Waals surface area contributed by atoms with Crippen molar-refractivity contribution in [3.05, 3.63) is 36.2 Å². The molecule has 0 N–H and O–H groups in total. The van der Waals surface area contributed by atoms with Gasteiger partial charge < -0.3 is 19.4 Å². The number of carbonyl (C=O) groups excluding carboxylic acids is 1. The third-order valence-electron chi connectivity index (χ3n) is 6.20. The molecule has 2 fully saturated rings. The summed E-state index contributed by atoms with van der Waals surface area (Å²) in [6, 6.07) is 7.32. The zero-order valence-electron chi connectivity index (χ0n) is 19.5. The Labute approximate surface area is 194 Å². The van der Waals surface area contributed by atoms with Crippen molar-refractivity contribution in [2.45, 2.75) is 6.92 Å². The summed E-state index contributed by atoms with van der Waals surface area (Å²) in [6.45, 7) is 8.52. The summed E-state index contributed by atoms with van der Waals surface area (Å²) in [5.74, 6) is 3.20. The summed E-state index contributed by atoms with van der Waals surface area (Å²) >= 11 is 0. The fourth-order valence-electron chi connectivity index (χ4n) is 4.54. The molecule has 10 heteroatoms. The van der Waals surface area contributed by atoms with Gasteiger partial charge in [0.1, 0.15) is 29.4 Å². The second-order valence-electron chi connectivity index (χ2n) is 8.45. The lowest BCUT2D eigenvalue weighted by Gasteiger charge is -2.24. The van der Waals surface area contributed by atoms with Gasteiger partial charge in [0.05, 0.1) is 12.7 Å². The number of nitrogens with zero attached hydrogens (tertiary/aromatic N) is 8. The van der Waals surface area contributed by atoms with Gasteiger partial charge in [-0.1, -0.05) is 0 Å². The lowest BCUT2D eigenvalue weighted by Crippen LogP contribution is -2.34. The number of methoxy groups -OCH3 is 1. The molecule has 2 aliphatic heterocycles. The van der Waals surface area contributed by atoms with Crippen molar-refractivity contribution in [1.82, 2.24) is 14.9 Å². The molecule has 174 valence electrons. The quantitative estimate of drug-likeness (QED) is 0.472. The molecule has 1 aromatic heterocycles. The van der Waals surface area contributed by atoms with Crippen molar-refractivity contribution in [3.63, 3.8) is 0 Å². The van der Waals surface area contributed by atoms with Gasteiger partial charge in [0.25, 0.3) is 5.91 Å². The first-order valence-electron chi connectivity index (χ1n) is 10.9. The smallest absolute Gasteiger partial charge is 0.256 e. The van der Waals surface area contributed by atoms with Crippen molar-refractivity contribution in [3.8, 4) is 5.75 Å². The molecule has 0 aliphatic carbocycles. The zero-order chi connectivity index (χ0) is 23.5. The highest BCUT2D eigenvalue weighted by molar-refractivity contribution is 6.00. The van der Waals surface area contributed by atoms with E-state index < -0.39 is 0 Å². The van der Waals surface area contributed by atoms with Gasteiger partial charge in [-0.25, -0.2) is 9.97 Å². The molecule has 1 amide bonds. The van der Waals surface area contributed by atoms with Crippen LogP contribution in [0.5, 0.6) is 5.75 Å². The van der Waals surface area contributed by atoms with Crippen molar-refractivity contribution < 1.29 is 9.53 Å². The topological polar surface area (TPSA) is 89.8 Å². The fraction of sp³-hybridized carbons (Fsp3) is 0.435. The Balaban J connectivity index is 1.50. The van der Waals surface area contributed by atoms with Crippen LogP contribution in [0, 0.1) is 11.8 Å². The first-order valence-corrected chi connectivity index (χ1v) is 10.9. The summed E-state index contributed by atoms with van der Waals surface area (Å²) < 4.78 is 5.34. The van der Waals surface area contributed by atoms with Gasteiger partial charge in [-0.15, -0.1) is 0 Å². The van der Waals surface area contributed by atoms with Crippen molar-refractivity contribution in [1.29, 1.82) is 0 Å². The first-order chi connectivity index (χ1) is 15.9. The molecule has 2 unspecified atom stereocenters. The molecular weight excluding hydrogens is 420 g/mol. The molecule has 4 rings (SSSR count). The number of anilines is 3. The molecule has 33 heavy (non-hydrogen) atoms. The van der Waals surface area contributed by atoms with E-state index in [4.69, 9.17) is 4.74 Å². The molecule has 0 spiro atoms. The Morgan fingerprint density at radius 2 is 1.91 bits per heavy atom. The van der Waals surface area contributed by atoms with E-state index in [-0.39, 0.29) is 5.91 Å². The highest BCUT2D eigenvalue weighted by Crippen LogP contribution is 2.36. The molecular formula is C23H30N8O2. The van der Waals surface area contributed by atoms with Crippen LogP contribution in [0.15, 0.2) is 40.8 Å². The molecule has 2 saturated heterocycles. The van der Waals surface area contributed by atoms with E-state index >= 15 is 0 Å². The predicted molar refractivity (Wildman–Crippen MR) is 131 cm³/mol. The van der Waals surface area contributed by atoms with Crippen LogP contribution >= 0.6 is 0 Å². The number of rotatable bonds is 7. The molecule has 0 bridgehead atoms. The van der Waals surface area contributed by atoms with Gasteiger partial charge in [0.15, 0.2) is 0 Å². The van der Waals surface area contributed by atoms with E-state index in [2.05, 4.69) is 31.8 Å². The summed E-state index contributed by atoms with van der Waals surface area (Å²) in [4.78, 5) is 28.5. The molecule has 2 aromatic rings. The summed E-state index contributed by atoms with van der Waals surface area (Å²) in [5, 5.41) is 9.51. The lowest BCUT2D eigenvalue weighted by atomic mass is 10.0. The number of carbonyl (C=O) groups is 1. The van der Waals surface area contributed by atoms with Crippen LogP contribution < -0.4 is 19.7 Å². The maximum atomic E-state index is 13.5. The van der Waals surface area contributed by atoms with E-state index in [1.54, 1.807) is 44.8 Å². The normalized spacial score (nSPS) is 19.6. The molecule has 2 atom stereocenters. The molecule has 10 nitrogen and oxygen atoms in total. The number of likely N-dealkylation sites (tertiary alicyclic amines) is 1. The molecule has 0 radical (unpaired) electrons. The van der Waals surface area contributed by atoms with E-state index in [1.165, 1.54) is 5.12 Å². The SMILES string of the molecule is C=NN(/N=C\C)c1cc(OC)ccc1C(=O)N1CC2CN(c3cc(N(C)C)ncn3)CC2C1. The van der Waals surface area contributed by atoms with Gasteiger partial charge in [-0.2, -0.15) is 15.3 Å². The number of hydrazone groups is 2. The average molecular weight is 451 g/mol. The molecule has 1 aromatic carbocycles. The second kappa shape index (κ2) is 9.43. The molecule has 0 saturated carbocycles. The third-order valence-corrected chi connectivity index (χ3v) is 6.20. The van der Waals surface area contributed by atoms with Gasteiger partial charge in [-0.05, 0) is 19.1 Å². The summed E-state index contributed by atoms with van der Waals surface area (Å²) in [7, 11) is 5.52. The van der Waals surface area contributed by atoms with Crippen molar-refractivity contribution in [2.24, 2.45) is 22.0 Å². The van der Waals surface area contributed by atoms with Crippen molar-refractivity contribution >= 4 is 36.2 Å². The van der Waals surface area contributed by atoms with Gasteiger partial charge in [0.2, 0.25) is 0 Å². The van der Waals surface area contributed by atoms with Gasteiger partial charge in [-0.3, -0.25) is 4.79 Å². The second-order valence-corrected chi connectivity index (χ2v) is 8.45. The Morgan fingerprint density at radius 3 is 2.52 bits per heavy atom. The van der Waals surface area contributed by atoms with E-state index in [1.807, 2.05) is 30.0 Å². The minimum absolute atomic E-state index is 0.0366. The summed E-state index contributed by atoms with van der Waals surface area (Å²) in [6.07, 6.45) is 3.21. The number of aromatic nitrogens is 2. The van der Waals surface area contributed by atoms with Crippen LogP contribution in [0.2, 0.25) is 0 Å². The average Bonchev–Trinajstić information content (AvgIpc) is 3.41. The Hall–Kier alpha value is -3.69. The standard InChI is InChI=1S/C23H30N8O2/c1-6-27-31(24-2)20-9-18(33-5)7-8-19(20)23(32)30-13-16-11-29(12-17(16)14-30)22-10-21(28(3)4)25-15-26-22/h6-10,15-17H,2,11-14H2,1,3-5H3/b27-6-. The van der Waals surface area contributed by atoms with Crippen LogP contribution in [0.1, 0.15) is 17.3 Å². The molecule has 3 heterocycles.